The van der Waals surface area contributed by atoms with E-state index in [1.54, 1.807) is 54.6 Å². The Labute approximate surface area is 197 Å². The van der Waals surface area contributed by atoms with Gasteiger partial charge in [-0.15, -0.1) is 0 Å². The monoisotopic (exact) mass is 461 g/mol. The SMILES string of the molecule is CCOc1ccc(N2C(=O)C(=O)/C(=C(\O)c3ccc(C)c(C)c3)C2c2ccc(Cl)cc2)cc1. The molecule has 0 aliphatic carbocycles. The molecule has 4 rings (SSSR count). The van der Waals surface area contributed by atoms with Gasteiger partial charge in [0.05, 0.1) is 18.2 Å². The van der Waals surface area contributed by atoms with Crippen molar-refractivity contribution in [1.29, 1.82) is 0 Å². The van der Waals surface area contributed by atoms with Crippen LogP contribution in [0.4, 0.5) is 5.69 Å². The van der Waals surface area contributed by atoms with Crippen molar-refractivity contribution >= 4 is 34.7 Å². The fourth-order valence-corrected chi connectivity index (χ4v) is 4.10. The Kier molecular flexibility index (Phi) is 6.25. The Morgan fingerprint density at radius 2 is 1.64 bits per heavy atom. The average molecular weight is 462 g/mol. The summed E-state index contributed by atoms with van der Waals surface area (Å²) in [7, 11) is 0. The van der Waals surface area contributed by atoms with Crippen molar-refractivity contribution in [3.8, 4) is 5.75 Å². The number of ether oxygens (including phenoxy) is 1. The molecule has 3 aromatic rings. The van der Waals surface area contributed by atoms with E-state index >= 15 is 0 Å². The standard InChI is InChI=1S/C27H24ClNO4/c1-4-33-22-13-11-21(12-14-22)29-24(18-7-9-20(28)10-8-18)23(26(31)27(29)32)25(30)19-6-5-16(2)17(3)15-19/h5-15,24,30H,4H2,1-3H3/b25-23-. The van der Waals surface area contributed by atoms with Crippen LogP contribution in [0.3, 0.4) is 0 Å². The summed E-state index contributed by atoms with van der Waals surface area (Å²) in [6, 6.07) is 18.5. The molecule has 168 valence electrons. The van der Waals surface area contributed by atoms with E-state index < -0.39 is 17.7 Å². The summed E-state index contributed by atoms with van der Waals surface area (Å²) in [6.07, 6.45) is 0. The van der Waals surface area contributed by atoms with E-state index in [1.165, 1.54) is 4.90 Å². The van der Waals surface area contributed by atoms with Gasteiger partial charge in [-0.2, -0.15) is 0 Å². The van der Waals surface area contributed by atoms with Crippen LogP contribution in [0.2, 0.25) is 5.02 Å². The number of rotatable bonds is 5. The van der Waals surface area contributed by atoms with Gasteiger partial charge in [-0.1, -0.05) is 35.9 Å². The van der Waals surface area contributed by atoms with E-state index in [9.17, 15) is 14.7 Å². The van der Waals surface area contributed by atoms with Gasteiger partial charge in [0.25, 0.3) is 11.7 Å². The van der Waals surface area contributed by atoms with Gasteiger partial charge in [0.2, 0.25) is 0 Å². The second-order valence-electron chi connectivity index (χ2n) is 7.95. The summed E-state index contributed by atoms with van der Waals surface area (Å²) >= 11 is 6.08. The van der Waals surface area contributed by atoms with Crippen LogP contribution >= 0.6 is 11.6 Å². The van der Waals surface area contributed by atoms with Crippen molar-refractivity contribution < 1.29 is 19.4 Å². The van der Waals surface area contributed by atoms with E-state index in [0.717, 1.165) is 11.1 Å². The lowest BCUT2D eigenvalue weighted by atomic mass is 9.94. The molecular formula is C27H24ClNO4. The minimum atomic E-state index is -0.804. The summed E-state index contributed by atoms with van der Waals surface area (Å²) in [5, 5.41) is 11.8. The second-order valence-corrected chi connectivity index (χ2v) is 8.38. The normalized spacial score (nSPS) is 17.5. The average Bonchev–Trinajstić information content (AvgIpc) is 3.07. The Balaban J connectivity index is 1.89. The number of ketones is 1. The molecule has 6 heteroatoms. The third kappa shape index (κ3) is 4.24. The number of aliphatic hydroxyl groups is 1. The lowest BCUT2D eigenvalue weighted by molar-refractivity contribution is -0.132. The third-order valence-corrected chi connectivity index (χ3v) is 6.09. The van der Waals surface area contributed by atoms with Crippen molar-refractivity contribution in [3.63, 3.8) is 0 Å². The smallest absolute Gasteiger partial charge is 0.300 e. The van der Waals surface area contributed by atoms with Crippen LogP contribution in [0.1, 0.15) is 35.2 Å². The summed E-state index contributed by atoms with van der Waals surface area (Å²) in [4.78, 5) is 27.8. The molecule has 1 atom stereocenters. The highest BCUT2D eigenvalue weighted by atomic mass is 35.5. The molecule has 0 saturated carbocycles. The lowest BCUT2D eigenvalue weighted by Gasteiger charge is -2.25. The van der Waals surface area contributed by atoms with Crippen molar-refractivity contribution in [1.82, 2.24) is 0 Å². The number of hydrogen-bond donors (Lipinski definition) is 1. The molecule has 3 aromatic carbocycles. The van der Waals surface area contributed by atoms with Crippen LogP contribution in [0, 0.1) is 13.8 Å². The molecule has 0 bridgehead atoms. The van der Waals surface area contributed by atoms with Gasteiger partial charge < -0.3 is 9.84 Å². The summed E-state index contributed by atoms with van der Waals surface area (Å²) in [5.74, 6) is -0.982. The number of Topliss-reactive ketones (excluding diaryl/α,β-unsaturated/α-hetero) is 1. The third-order valence-electron chi connectivity index (χ3n) is 5.84. The molecule has 1 heterocycles. The zero-order valence-corrected chi connectivity index (χ0v) is 19.4. The van der Waals surface area contributed by atoms with Gasteiger partial charge in [-0.05, 0) is 79.9 Å². The Morgan fingerprint density at radius 1 is 0.970 bits per heavy atom. The minimum absolute atomic E-state index is 0.0412. The second kappa shape index (κ2) is 9.12. The molecular weight excluding hydrogens is 438 g/mol. The fourth-order valence-electron chi connectivity index (χ4n) is 3.97. The highest BCUT2D eigenvalue weighted by Crippen LogP contribution is 2.42. The lowest BCUT2D eigenvalue weighted by Crippen LogP contribution is -2.29. The largest absolute Gasteiger partial charge is 0.507 e. The maximum absolute atomic E-state index is 13.2. The number of anilines is 1. The molecule has 0 aromatic heterocycles. The van der Waals surface area contributed by atoms with Gasteiger partial charge >= 0.3 is 0 Å². The fraction of sp³-hybridized carbons (Fsp3) is 0.185. The summed E-state index contributed by atoms with van der Waals surface area (Å²) < 4.78 is 5.50. The number of amides is 1. The molecule has 33 heavy (non-hydrogen) atoms. The van der Waals surface area contributed by atoms with Crippen LogP contribution in [-0.2, 0) is 9.59 Å². The number of carbonyl (C=O) groups is 2. The first-order chi connectivity index (χ1) is 15.8. The van der Waals surface area contributed by atoms with Crippen molar-refractivity contribution in [3.05, 3.63) is 99.6 Å². The number of benzene rings is 3. The maximum atomic E-state index is 13.2. The van der Waals surface area contributed by atoms with E-state index in [4.69, 9.17) is 16.3 Å². The van der Waals surface area contributed by atoms with E-state index in [-0.39, 0.29) is 11.3 Å². The molecule has 1 amide bonds. The summed E-state index contributed by atoms with van der Waals surface area (Å²) in [6.45, 7) is 6.31. The zero-order valence-electron chi connectivity index (χ0n) is 18.6. The van der Waals surface area contributed by atoms with Gasteiger partial charge in [-0.25, -0.2) is 0 Å². The quantitative estimate of drug-likeness (QED) is 0.288. The molecule has 1 fully saturated rings. The number of carbonyl (C=O) groups excluding carboxylic acids is 2. The Morgan fingerprint density at radius 3 is 2.24 bits per heavy atom. The van der Waals surface area contributed by atoms with Crippen molar-refractivity contribution in [2.45, 2.75) is 26.8 Å². The molecule has 1 aliphatic rings. The molecule has 1 unspecified atom stereocenters. The minimum Gasteiger partial charge on any atom is -0.507 e. The topological polar surface area (TPSA) is 66.8 Å². The molecule has 1 N–H and O–H groups in total. The molecule has 0 spiro atoms. The van der Waals surface area contributed by atoms with Crippen LogP contribution in [0.15, 0.2) is 72.3 Å². The molecule has 1 saturated heterocycles. The van der Waals surface area contributed by atoms with Crippen LogP contribution < -0.4 is 9.64 Å². The first-order valence-corrected chi connectivity index (χ1v) is 11.1. The Bertz CT molecular complexity index is 1250. The van der Waals surface area contributed by atoms with Gasteiger partial charge in [-0.3, -0.25) is 14.5 Å². The first kappa shape index (κ1) is 22.6. The molecule has 5 nitrogen and oxygen atoms in total. The van der Waals surface area contributed by atoms with E-state index in [2.05, 4.69) is 0 Å². The van der Waals surface area contributed by atoms with Gasteiger partial charge in [0.15, 0.2) is 0 Å². The highest BCUT2D eigenvalue weighted by molar-refractivity contribution is 6.51. The number of hydrogen-bond acceptors (Lipinski definition) is 4. The van der Waals surface area contributed by atoms with Crippen LogP contribution in [0.5, 0.6) is 5.75 Å². The van der Waals surface area contributed by atoms with Crippen molar-refractivity contribution in [2.75, 3.05) is 11.5 Å². The van der Waals surface area contributed by atoms with E-state index in [1.807, 2.05) is 32.9 Å². The maximum Gasteiger partial charge on any atom is 0.300 e. The number of halogens is 1. The van der Waals surface area contributed by atoms with Crippen LogP contribution in [-0.4, -0.2) is 23.4 Å². The Hall–Kier alpha value is -3.57. The van der Waals surface area contributed by atoms with Gasteiger partial charge in [0, 0.05) is 16.3 Å². The predicted molar refractivity (Wildman–Crippen MR) is 130 cm³/mol. The van der Waals surface area contributed by atoms with Crippen molar-refractivity contribution in [2.24, 2.45) is 0 Å². The first-order valence-electron chi connectivity index (χ1n) is 10.7. The highest BCUT2D eigenvalue weighted by Gasteiger charge is 2.47. The zero-order chi connectivity index (χ0) is 23.7. The van der Waals surface area contributed by atoms with Crippen LogP contribution in [0.25, 0.3) is 5.76 Å². The number of aliphatic hydroxyl groups excluding tert-OH is 1. The molecule has 0 radical (unpaired) electrons. The predicted octanol–water partition coefficient (Wildman–Crippen LogP) is 5.98. The summed E-state index contributed by atoms with van der Waals surface area (Å²) in [5.41, 5.74) is 3.76. The molecule has 1 aliphatic heterocycles. The number of nitrogens with zero attached hydrogens (tertiary/aromatic N) is 1. The number of aryl methyl sites for hydroxylation is 2. The van der Waals surface area contributed by atoms with Gasteiger partial charge in [0.1, 0.15) is 11.5 Å². The van der Waals surface area contributed by atoms with E-state index in [0.29, 0.717) is 34.2 Å².